The van der Waals surface area contributed by atoms with Crippen molar-refractivity contribution in [3.63, 3.8) is 0 Å². The van der Waals surface area contributed by atoms with E-state index in [1.54, 1.807) is 11.5 Å². The van der Waals surface area contributed by atoms with E-state index in [1.807, 2.05) is 30.9 Å². The SMILES string of the molecule is CCc1c(N2CCN(C(=O)c3ncnc(C)c3O)CC2)c(=O)n2nc(-c3cc4c(cc3C)OCC4)nc2n1CC(=O)Nc1ccc(C(F)(F)F)cc1Cl. The van der Waals surface area contributed by atoms with E-state index in [-0.39, 0.29) is 77.7 Å². The molecule has 2 aliphatic rings. The second-order valence-corrected chi connectivity index (χ2v) is 13.1. The molecule has 7 rings (SSSR count). The highest BCUT2D eigenvalue weighted by Gasteiger charge is 2.32. The van der Waals surface area contributed by atoms with Crippen LogP contribution in [0.5, 0.6) is 11.5 Å². The lowest BCUT2D eigenvalue weighted by Crippen LogP contribution is -2.51. The second-order valence-electron chi connectivity index (χ2n) is 12.7. The van der Waals surface area contributed by atoms with Crippen molar-refractivity contribution >= 4 is 40.6 Å². The number of piperazine rings is 1. The molecule has 276 valence electrons. The van der Waals surface area contributed by atoms with Crippen molar-refractivity contribution in [3.8, 4) is 22.9 Å². The van der Waals surface area contributed by atoms with Crippen molar-refractivity contribution in [3.05, 3.63) is 85.8 Å². The Hall–Kier alpha value is -5.71. The quantitative estimate of drug-likeness (QED) is 0.244. The van der Waals surface area contributed by atoms with Gasteiger partial charge in [-0.2, -0.15) is 22.7 Å². The van der Waals surface area contributed by atoms with E-state index in [4.69, 9.17) is 21.3 Å². The lowest BCUT2D eigenvalue weighted by Gasteiger charge is -2.36. The van der Waals surface area contributed by atoms with Gasteiger partial charge in [-0.25, -0.2) is 9.97 Å². The number of carbonyl (C=O) groups excluding carboxylic acids is 2. The smallest absolute Gasteiger partial charge is 0.416 e. The number of anilines is 2. The van der Waals surface area contributed by atoms with Crippen molar-refractivity contribution in [1.82, 2.24) is 34.0 Å². The number of amides is 2. The molecule has 2 N–H and O–H groups in total. The number of benzene rings is 2. The average Bonchev–Trinajstić information content (AvgIpc) is 3.78. The lowest BCUT2D eigenvalue weighted by atomic mass is 10.0. The molecule has 2 aromatic carbocycles. The van der Waals surface area contributed by atoms with Gasteiger partial charge in [0, 0.05) is 38.2 Å². The van der Waals surface area contributed by atoms with Crippen molar-refractivity contribution in [2.45, 2.75) is 46.3 Å². The van der Waals surface area contributed by atoms with Gasteiger partial charge in [0.25, 0.3) is 11.5 Å². The van der Waals surface area contributed by atoms with Crippen LogP contribution in [-0.2, 0) is 30.4 Å². The van der Waals surface area contributed by atoms with Gasteiger partial charge in [-0.1, -0.05) is 18.5 Å². The number of rotatable bonds is 7. The number of nitrogens with zero attached hydrogens (tertiary/aromatic N) is 8. The van der Waals surface area contributed by atoms with Crippen LogP contribution in [0.3, 0.4) is 0 Å². The van der Waals surface area contributed by atoms with Gasteiger partial charge in [0.1, 0.15) is 24.3 Å². The fraction of sp³-hybridized carbons (Fsp3) is 0.343. The third-order valence-corrected chi connectivity index (χ3v) is 9.71. The molecule has 3 aromatic heterocycles. The molecule has 2 amide bonds. The molecule has 0 aliphatic carbocycles. The van der Waals surface area contributed by atoms with E-state index in [0.717, 1.165) is 39.6 Å². The Labute approximate surface area is 304 Å². The number of fused-ring (bicyclic) bond motifs is 2. The maximum Gasteiger partial charge on any atom is 0.416 e. The van der Waals surface area contributed by atoms with Gasteiger partial charge in [-0.3, -0.25) is 14.4 Å². The molecule has 0 unspecified atom stereocenters. The van der Waals surface area contributed by atoms with Crippen LogP contribution < -0.4 is 20.5 Å². The number of ether oxygens (including phenoxy) is 1. The van der Waals surface area contributed by atoms with Crippen LogP contribution in [0.1, 0.15) is 45.5 Å². The predicted molar refractivity (Wildman–Crippen MR) is 188 cm³/mol. The third-order valence-electron chi connectivity index (χ3n) is 9.40. The molecule has 5 aromatic rings. The van der Waals surface area contributed by atoms with E-state index in [1.165, 1.54) is 11.2 Å². The molecule has 14 nitrogen and oxygen atoms in total. The summed E-state index contributed by atoms with van der Waals surface area (Å²) in [5, 5.41) is 17.3. The molecule has 0 atom stereocenters. The van der Waals surface area contributed by atoms with Crippen molar-refractivity contribution in [1.29, 1.82) is 0 Å². The molecule has 5 heterocycles. The van der Waals surface area contributed by atoms with Gasteiger partial charge in [0.15, 0.2) is 17.3 Å². The summed E-state index contributed by atoms with van der Waals surface area (Å²) in [6.45, 7) is 6.24. The minimum absolute atomic E-state index is 0.0242. The predicted octanol–water partition coefficient (Wildman–Crippen LogP) is 4.44. The Morgan fingerprint density at radius 3 is 2.53 bits per heavy atom. The monoisotopic (exact) mass is 751 g/mol. The first kappa shape index (κ1) is 35.7. The number of halogens is 4. The number of hydrogen-bond acceptors (Lipinski definition) is 10. The fourth-order valence-corrected chi connectivity index (χ4v) is 6.87. The first-order chi connectivity index (χ1) is 25.2. The Balaban J connectivity index is 1.27. The van der Waals surface area contributed by atoms with Gasteiger partial charge < -0.3 is 29.5 Å². The van der Waals surface area contributed by atoms with Crippen LogP contribution in [0.2, 0.25) is 5.02 Å². The molecule has 2 aliphatic heterocycles. The fourth-order valence-electron chi connectivity index (χ4n) is 6.64. The van der Waals surface area contributed by atoms with Crippen LogP contribution in [0.25, 0.3) is 17.2 Å². The van der Waals surface area contributed by atoms with Crippen LogP contribution in [0.4, 0.5) is 24.5 Å². The largest absolute Gasteiger partial charge is 0.504 e. The van der Waals surface area contributed by atoms with E-state index in [2.05, 4.69) is 20.4 Å². The standard InChI is InChI=1S/C35H33ClF3N9O5/c1-4-25-29(45-8-10-46(11-9-45)32(51)28-30(50)19(3)40-17-41-28)33(52)48-34(43-31(44-48)22-14-20-7-12-53-26(20)13-18(22)2)47(25)16-27(49)42-24-6-5-21(15-23(24)36)35(37,38)39/h5-6,13-15,17,50H,4,7-12,16H2,1-3H3,(H,42,49). The van der Waals surface area contributed by atoms with E-state index in [0.29, 0.717) is 24.3 Å². The number of nitrogens with one attached hydrogen (secondary N) is 1. The summed E-state index contributed by atoms with van der Waals surface area (Å²) in [5.41, 5.74) is 1.86. The number of aromatic hydroxyl groups is 1. The highest BCUT2D eigenvalue weighted by molar-refractivity contribution is 6.33. The normalized spacial score (nSPS) is 14.4. The van der Waals surface area contributed by atoms with Gasteiger partial charge in [0.2, 0.25) is 11.7 Å². The van der Waals surface area contributed by atoms with Crippen molar-refractivity contribution in [2.75, 3.05) is 43.0 Å². The minimum atomic E-state index is -4.62. The second kappa shape index (κ2) is 13.7. The number of alkyl halides is 3. The molecule has 0 spiro atoms. The molecule has 1 fully saturated rings. The Kier molecular flexibility index (Phi) is 9.21. The summed E-state index contributed by atoms with van der Waals surface area (Å²) in [7, 11) is 0. The maximum absolute atomic E-state index is 14.4. The molecular formula is C35H33ClF3N9O5. The molecule has 53 heavy (non-hydrogen) atoms. The van der Waals surface area contributed by atoms with E-state index < -0.39 is 35.7 Å². The summed E-state index contributed by atoms with van der Waals surface area (Å²) < 4.78 is 48.2. The summed E-state index contributed by atoms with van der Waals surface area (Å²) in [6, 6.07) is 6.45. The lowest BCUT2D eigenvalue weighted by molar-refractivity contribution is -0.137. The Morgan fingerprint density at radius 2 is 1.83 bits per heavy atom. The number of carbonyl (C=O) groups is 2. The molecular weight excluding hydrogens is 719 g/mol. The maximum atomic E-state index is 14.4. The zero-order valence-electron chi connectivity index (χ0n) is 28.8. The zero-order valence-corrected chi connectivity index (χ0v) is 29.5. The molecule has 0 radical (unpaired) electrons. The summed E-state index contributed by atoms with van der Waals surface area (Å²) >= 11 is 6.15. The molecule has 0 saturated carbocycles. The summed E-state index contributed by atoms with van der Waals surface area (Å²) in [4.78, 5) is 57.3. The topological polar surface area (TPSA) is 160 Å². The van der Waals surface area contributed by atoms with E-state index >= 15 is 0 Å². The van der Waals surface area contributed by atoms with Crippen LogP contribution >= 0.6 is 11.6 Å². The zero-order chi connectivity index (χ0) is 37.8. The average molecular weight is 752 g/mol. The molecule has 18 heteroatoms. The highest BCUT2D eigenvalue weighted by atomic mass is 35.5. The van der Waals surface area contributed by atoms with Crippen LogP contribution in [0.15, 0.2) is 41.5 Å². The first-order valence-corrected chi connectivity index (χ1v) is 17.1. The van der Waals surface area contributed by atoms with Gasteiger partial charge in [-0.05, 0) is 61.7 Å². The van der Waals surface area contributed by atoms with Gasteiger partial charge >= 0.3 is 6.18 Å². The van der Waals surface area contributed by atoms with Crippen LogP contribution in [-0.4, -0.2) is 83.7 Å². The number of aromatic nitrogens is 6. The summed E-state index contributed by atoms with van der Waals surface area (Å²) in [5.74, 6) is -0.311. The first-order valence-electron chi connectivity index (χ1n) is 16.8. The van der Waals surface area contributed by atoms with Gasteiger partial charge in [0.05, 0.1) is 34.3 Å². The number of hydrogen-bond donors (Lipinski definition) is 2. The third kappa shape index (κ3) is 6.60. The highest BCUT2D eigenvalue weighted by Crippen LogP contribution is 2.35. The minimum Gasteiger partial charge on any atom is -0.504 e. The number of aryl methyl sites for hydroxylation is 2. The molecule has 1 saturated heterocycles. The van der Waals surface area contributed by atoms with Crippen LogP contribution in [0, 0.1) is 13.8 Å². The Morgan fingerprint density at radius 1 is 1.08 bits per heavy atom. The Bertz CT molecular complexity index is 2350. The van der Waals surface area contributed by atoms with Crippen molar-refractivity contribution < 1.29 is 32.6 Å². The van der Waals surface area contributed by atoms with Crippen molar-refractivity contribution in [2.24, 2.45) is 0 Å². The molecule has 0 bridgehead atoms. The summed E-state index contributed by atoms with van der Waals surface area (Å²) in [6.07, 6.45) is -2.44. The van der Waals surface area contributed by atoms with Gasteiger partial charge in [-0.15, -0.1) is 5.10 Å². The van der Waals surface area contributed by atoms with E-state index in [9.17, 15) is 32.7 Å².